The maximum atomic E-state index is 12.5. The van der Waals surface area contributed by atoms with Crippen LogP contribution in [0.25, 0.3) is 0 Å². The summed E-state index contributed by atoms with van der Waals surface area (Å²) in [5, 5.41) is 3.30. The SMILES string of the molecule is O=C(CN1CCOCC1)NC(c1ccccc1)C1CCCC1. The number of hydrogen-bond donors (Lipinski definition) is 1. The van der Waals surface area contributed by atoms with E-state index in [-0.39, 0.29) is 11.9 Å². The monoisotopic (exact) mass is 302 g/mol. The number of hydrogen-bond acceptors (Lipinski definition) is 3. The van der Waals surface area contributed by atoms with Crippen molar-refractivity contribution in [2.45, 2.75) is 31.7 Å². The lowest BCUT2D eigenvalue weighted by Gasteiger charge is -2.29. The number of amides is 1. The van der Waals surface area contributed by atoms with Crippen LogP contribution in [0.3, 0.4) is 0 Å². The van der Waals surface area contributed by atoms with Crippen molar-refractivity contribution in [2.75, 3.05) is 32.8 Å². The highest BCUT2D eigenvalue weighted by atomic mass is 16.5. The molecule has 1 aromatic rings. The van der Waals surface area contributed by atoms with E-state index in [0.29, 0.717) is 12.5 Å². The Balaban J connectivity index is 1.63. The molecule has 0 aromatic heterocycles. The second-order valence-electron chi connectivity index (χ2n) is 6.39. The van der Waals surface area contributed by atoms with Crippen LogP contribution in [0.2, 0.25) is 0 Å². The van der Waals surface area contributed by atoms with E-state index in [1.165, 1.54) is 31.2 Å². The van der Waals surface area contributed by atoms with Crippen LogP contribution in [0.4, 0.5) is 0 Å². The number of nitrogens with one attached hydrogen (secondary N) is 1. The highest BCUT2D eigenvalue weighted by Gasteiger charge is 2.28. The fourth-order valence-electron chi connectivity index (χ4n) is 3.61. The molecule has 120 valence electrons. The third-order valence-electron chi connectivity index (χ3n) is 4.82. The van der Waals surface area contributed by atoms with Crippen molar-refractivity contribution in [3.05, 3.63) is 35.9 Å². The first-order valence-corrected chi connectivity index (χ1v) is 8.47. The summed E-state index contributed by atoms with van der Waals surface area (Å²) in [4.78, 5) is 14.6. The Hall–Kier alpha value is -1.39. The third-order valence-corrected chi connectivity index (χ3v) is 4.82. The van der Waals surface area contributed by atoms with Gasteiger partial charge in [-0.25, -0.2) is 0 Å². The first kappa shape index (κ1) is 15.5. The van der Waals surface area contributed by atoms with Crippen LogP contribution in [0, 0.1) is 5.92 Å². The number of nitrogens with zero attached hydrogens (tertiary/aromatic N) is 1. The van der Waals surface area contributed by atoms with E-state index < -0.39 is 0 Å². The van der Waals surface area contributed by atoms with E-state index in [1.54, 1.807) is 0 Å². The molecule has 1 aliphatic heterocycles. The van der Waals surface area contributed by atoms with Crippen molar-refractivity contribution >= 4 is 5.91 Å². The normalized spacial score (nSPS) is 21.6. The molecule has 1 saturated carbocycles. The van der Waals surface area contributed by atoms with E-state index in [1.807, 2.05) is 6.07 Å². The smallest absolute Gasteiger partial charge is 0.234 e. The average Bonchev–Trinajstić information content (AvgIpc) is 3.08. The highest BCUT2D eigenvalue weighted by Crippen LogP contribution is 2.35. The number of ether oxygens (including phenoxy) is 1. The topological polar surface area (TPSA) is 41.6 Å². The molecule has 1 heterocycles. The summed E-state index contributed by atoms with van der Waals surface area (Å²) in [6.45, 7) is 3.66. The van der Waals surface area contributed by atoms with Gasteiger partial charge in [0.25, 0.3) is 0 Å². The van der Waals surface area contributed by atoms with Gasteiger partial charge >= 0.3 is 0 Å². The summed E-state index contributed by atoms with van der Waals surface area (Å²) in [7, 11) is 0. The number of benzene rings is 1. The molecule has 1 aliphatic carbocycles. The lowest BCUT2D eigenvalue weighted by molar-refractivity contribution is -0.124. The molecule has 0 bridgehead atoms. The van der Waals surface area contributed by atoms with Crippen LogP contribution in [0.15, 0.2) is 30.3 Å². The minimum Gasteiger partial charge on any atom is -0.379 e. The van der Waals surface area contributed by atoms with E-state index in [0.717, 1.165) is 26.3 Å². The van der Waals surface area contributed by atoms with Crippen molar-refractivity contribution in [3.63, 3.8) is 0 Å². The summed E-state index contributed by atoms with van der Waals surface area (Å²) in [6, 6.07) is 10.6. The third kappa shape index (κ3) is 4.08. The molecule has 1 saturated heterocycles. The van der Waals surface area contributed by atoms with Crippen molar-refractivity contribution in [1.29, 1.82) is 0 Å². The van der Waals surface area contributed by atoms with Crippen molar-refractivity contribution in [1.82, 2.24) is 10.2 Å². The Labute approximate surface area is 132 Å². The van der Waals surface area contributed by atoms with Gasteiger partial charge in [-0.3, -0.25) is 9.69 Å². The van der Waals surface area contributed by atoms with Gasteiger partial charge in [0.1, 0.15) is 0 Å². The van der Waals surface area contributed by atoms with Gasteiger partial charge in [-0.2, -0.15) is 0 Å². The second-order valence-corrected chi connectivity index (χ2v) is 6.39. The Morgan fingerprint density at radius 1 is 1.18 bits per heavy atom. The zero-order valence-electron chi connectivity index (χ0n) is 13.2. The molecule has 1 N–H and O–H groups in total. The number of morpholine rings is 1. The van der Waals surface area contributed by atoms with Crippen LogP contribution in [0.1, 0.15) is 37.3 Å². The van der Waals surface area contributed by atoms with Crippen LogP contribution in [0.5, 0.6) is 0 Å². The van der Waals surface area contributed by atoms with Gasteiger partial charge in [0.15, 0.2) is 0 Å². The predicted molar refractivity (Wildman–Crippen MR) is 86.5 cm³/mol. The number of carbonyl (C=O) groups is 1. The molecule has 1 atom stereocenters. The molecule has 0 radical (unpaired) electrons. The molecule has 2 fully saturated rings. The Morgan fingerprint density at radius 3 is 2.55 bits per heavy atom. The minimum absolute atomic E-state index is 0.141. The van der Waals surface area contributed by atoms with Gasteiger partial charge in [0.05, 0.1) is 25.8 Å². The molecule has 4 heteroatoms. The molecule has 1 unspecified atom stereocenters. The lowest BCUT2D eigenvalue weighted by Crippen LogP contribution is -2.44. The van der Waals surface area contributed by atoms with Gasteiger partial charge in [-0.15, -0.1) is 0 Å². The maximum Gasteiger partial charge on any atom is 0.234 e. The number of rotatable bonds is 5. The maximum absolute atomic E-state index is 12.5. The van der Waals surface area contributed by atoms with Crippen molar-refractivity contribution in [2.24, 2.45) is 5.92 Å². The zero-order valence-corrected chi connectivity index (χ0v) is 13.2. The highest BCUT2D eigenvalue weighted by molar-refractivity contribution is 5.78. The summed E-state index contributed by atoms with van der Waals surface area (Å²) in [5.74, 6) is 0.721. The summed E-state index contributed by atoms with van der Waals surface area (Å²) in [6.07, 6.45) is 5.01. The van der Waals surface area contributed by atoms with Crippen LogP contribution in [-0.2, 0) is 9.53 Å². The fraction of sp³-hybridized carbons (Fsp3) is 0.611. The van der Waals surface area contributed by atoms with Gasteiger partial charge in [-0.1, -0.05) is 43.2 Å². The van der Waals surface area contributed by atoms with E-state index in [9.17, 15) is 4.79 Å². The van der Waals surface area contributed by atoms with Crippen LogP contribution >= 0.6 is 0 Å². The first-order chi connectivity index (χ1) is 10.8. The molecule has 1 amide bonds. The van der Waals surface area contributed by atoms with E-state index in [2.05, 4.69) is 34.5 Å². The van der Waals surface area contributed by atoms with Gasteiger partial charge < -0.3 is 10.1 Å². The fourth-order valence-corrected chi connectivity index (χ4v) is 3.61. The Morgan fingerprint density at radius 2 is 1.86 bits per heavy atom. The van der Waals surface area contributed by atoms with Crippen molar-refractivity contribution < 1.29 is 9.53 Å². The lowest BCUT2D eigenvalue weighted by atomic mass is 9.91. The Bertz CT molecular complexity index is 465. The van der Waals surface area contributed by atoms with Gasteiger partial charge in [0, 0.05) is 13.1 Å². The molecule has 3 rings (SSSR count). The average molecular weight is 302 g/mol. The van der Waals surface area contributed by atoms with Gasteiger partial charge in [0.2, 0.25) is 5.91 Å². The van der Waals surface area contributed by atoms with E-state index in [4.69, 9.17) is 4.74 Å². The van der Waals surface area contributed by atoms with Crippen LogP contribution in [-0.4, -0.2) is 43.7 Å². The van der Waals surface area contributed by atoms with Crippen LogP contribution < -0.4 is 5.32 Å². The first-order valence-electron chi connectivity index (χ1n) is 8.47. The number of carbonyl (C=O) groups excluding carboxylic acids is 1. The molecule has 22 heavy (non-hydrogen) atoms. The zero-order chi connectivity index (χ0) is 15.2. The molecule has 0 spiro atoms. The summed E-state index contributed by atoms with van der Waals surface area (Å²) >= 11 is 0. The quantitative estimate of drug-likeness (QED) is 0.908. The summed E-state index contributed by atoms with van der Waals surface area (Å²) in [5.41, 5.74) is 1.24. The molecular formula is C18H26N2O2. The molecule has 1 aromatic carbocycles. The summed E-state index contributed by atoms with van der Waals surface area (Å²) < 4.78 is 5.34. The minimum atomic E-state index is 0.141. The van der Waals surface area contributed by atoms with Crippen molar-refractivity contribution in [3.8, 4) is 0 Å². The molecular weight excluding hydrogens is 276 g/mol. The Kier molecular flexibility index (Phi) is 5.46. The molecule has 2 aliphatic rings. The largest absolute Gasteiger partial charge is 0.379 e. The standard InChI is InChI=1S/C18H26N2O2/c21-17(14-20-10-12-22-13-11-20)19-18(16-8-4-5-9-16)15-6-2-1-3-7-15/h1-3,6-7,16,18H,4-5,8-14H2,(H,19,21). The van der Waals surface area contributed by atoms with E-state index >= 15 is 0 Å². The second kappa shape index (κ2) is 7.75. The predicted octanol–water partition coefficient (Wildman–Crippen LogP) is 2.37. The van der Waals surface area contributed by atoms with Gasteiger partial charge in [-0.05, 0) is 24.3 Å². The molecule has 4 nitrogen and oxygen atoms in total.